The van der Waals surface area contributed by atoms with Gasteiger partial charge in [-0.2, -0.15) is 5.90 Å². The number of rotatable bonds is 7. The molecule has 17 heavy (non-hydrogen) atoms. The number of nitrogens with zero attached hydrogens (tertiary/aromatic N) is 1. The van der Waals surface area contributed by atoms with Gasteiger partial charge in [0.15, 0.2) is 0 Å². The van der Waals surface area contributed by atoms with E-state index < -0.39 is 11.9 Å². The zero-order valence-corrected chi connectivity index (χ0v) is 11.2. The number of amides is 1. The number of carbonyl (C=O) groups is 2. The van der Waals surface area contributed by atoms with E-state index in [9.17, 15) is 9.59 Å². The molecule has 2 atom stereocenters. The van der Waals surface area contributed by atoms with Crippen LogP contribution in [0.25, 0.3) is 0 Å². The summed E-state index contributed by atoms with van der Waals surface area (Å²) in [5, 5.41) is 0. The predicted octanol–water partition coefficient (Wildman–Crippen LogP) is 1.32. The third kappa shape index (κ3) is 4.73. The molecule has 2 N–H and O–H groups in total. The Labute approximate surface area is 103 Å². The van der Waals surface area contributed by atoms with E-state index >= 15 is 0 Å². The molecular formula is C12H24N2O3. The lowest BCUT2D eigenvalue weighted by atomic mass is 9.88. The highest BCUT2D eigenvalue weighted by molar-refractivity contribution is 5.83. The first-order valence-corrected chi connectivity index (χ1v) is 6.19. The molecule has 5 heteroatoms. The number of carbonyl (C=O) groups excluding carboxylic acids is 2. The van der Waals surface area contributed by atoms with Gasteiger partial charge in [0.05, 0.1) is 5.92 Å². The molecule has 0 aliphatic heterocycles. The predicted molar refractivity (Wildman–Crippen MR) is 65.8 cm³/mol. The molecule has 0 aliphatic rings. The van der Waals surface area contributed by atoms with Gasteiger partial charge in [0.25, 0.3) is 0 Å². The van der Waals surface area contributed by atoms with Crippen LogP contribution in [0.4, 0.5) is 0 Å². The van der Waals surface area contributed by atoms with Crippen molar-refractivity contribution in [2.75, 3.05) is 13.1 Å². The SMILES string of the molecule is CC[C@@H](C)C(CC(=O)N(CC)CC)C(=O)ON. The largest absolute Gasteiger partial charge is 0.373 e. The average molecular weight is 244 g/mol. The van der Waals surface area contributed by atoms with Crippen molar-refractivity contribution in [3.63, 3.8) is 0 Å². The van der Waals surface area contributed by atoms with Gasteiger partial charge in [-0.15, -0.1) is 0 Å². The van der Waals surface area contributed by atoms with Gasteiger partial charge in [0, 0.05) is 19.5 Å². The van der Waals surface area contributed by atoms with Crippen molar-refractivity contribution in [3.8, 4) is 0 Å². The first kappa shape index (κ1) is 15.9. The zero-order valence-electron chi connectivity index (χ0n) is 11.2. The lowest BCUT2D eigenvalue weighted by Gasteiger charge is -2.24. The minimum atomic E-state index is -0.500. The Morgan fingerprint density at radius 3 is 2.12 bits per heavy atom. The second-order valence-electron chi connectivity index (χ2n) is 4.20. The fourth-order valence-electron chi connectivity index (χ4n) is 1.78. The first-order valence-electron chi connectivity index (χ1n) is 6.19. The smallest absolute Gasteiger partial charge is 0.328 e. The van der Waals surface area contributed by atoms with Gasteiger partial charge in [-0.25, -0.2) is 0 Å². The molecule has 0 aliphatic carbocycles. The highest BCUT2D eigenvalue weighted by Gasteiger charge is 2.29. The van der Waals surface area contributed by atoms with Crippen molar-refractivity contribution in [2.45, 2.75) is 40.5 Å². The molecule has 5 nitrogen and oxygen atoms in total. The van der Waals surface area contributed by atoms with Crippen molar-refractivity contribution in [1.29, 1.82) is 0 Å². The van der Waals surface area contributed by atoms with Crippen LogP contribution in [0.3, 0.4) is 0 Å². The monoisotopic (exact) mass is 244 g/mol. The molecule has 0 saturated heterocycles. The summed E-state index contributed by atoms with van der Waals surface area (Å²) in [6.45, 7) is 9.04. The lowest BCUT2D eigenvalue weighted by Crippen LogP contribution is -2.36. The van der Waals surface area contributed by atoms with E-state index in [1.165, 1.54) is 0 Å². The van der Waals surface area contributed by atoms with Crippen LogP contribution >= 0.6 is 0 Å². The van der Waals surface area contributed by atoms with Crippen molar-refractivity contribution >= 4 is 11.9 Å². The molecule has 0 aromatic carbocycles. The molecule has 0 fully saturated rings. The summed E-state index contributed by atoms with van der Waals surface area (Å²) in [4.78, 5) is 29.4. The van der Waals surface area contributed by atoms with E-state index in [1.54, 1.807) is 4.90 Å². The second kappa shape index (κ2) is 8.06. The first-order chi connectivity index (χ1) is 8.01. The van der Waals surface area contributed by atoms with Crippen molar-refractivity contribution in [1.82, 2.24) is 4.90 Å². The maximum absolute atomic E-state index is 11.9. The summed E-state index contributed by atoms with van der Waals surface area (Å²) in [5.41, 5.74) is 0. The summed E-state index contributed by atoms with van der Waals surface area (Å²) in [6.07, 6.45) is 0.984. The van der Waals surface area contributed by atoms with Gasteiger partial charge >= 0.3 is 5.97 Å². The molecule has 0 heterocycles. The van der Waals surface area contributed by atoms with Gasteiger partial charge in [-0.05, 0) is 19.8 Å². The van der Waals surface area contributed by atoms with Gasteiger partial charge < -0.3 is 9.74 Å². The Kier molecular flexibility index (Phi) is 7.54. The normalized spacial score (nSPS) is 13.9. The van der Waals surface area contributed by atoms with Crippen LogP contribution in [0.15, 0.2) is 0 Å². The average Bonchev–Trinajstić information content (AvgIpc) is 2.35. The Hall–Kier alpha value is -1.10. The summed E-state index contributed by atoms with van der Waals surface area (Å²) >= 11 is 0. The maximum atomic E-state index is 11.9. The molecule has 0 saturated carbocycles. The van der Waals surface area contributed by atoms with E-state index in [2.05, 4.69) is 4.84 Å². The Morgan fingerprint density at radius 2 is 1.76 bits per heavy atom. The molecule has 0 rings (SSSR count). The molecule has 0 spiro atoms. The molecule has 0 radical (unpaired) electrons. The lowest BCUT2D eigenvalue weighted by molar-refractivity contribution is -0.154. The number of hydrogen-bond donors (Lipinski definition) is 1. The second-order valence-corrected chi connectivity index (χ2v) is 4.20. The fourth-order valence-corrected chi connectivity index (χ4v) is 1.78. The van der Waals surface area contributed by atoms with Crippen LogP contribution in [0.2, 0.25) is 0 Å². The third-order valence-corrected chi connectivity index (χ3v) is 3.26. The third-order valence-electron chi connectivity index (χ3n) is 3.26. The summed E-state index contributed by atoms with van der Waals surface area (Å²) in [6, 6.07) is 0. The van der Waals surface area contributed by atoms with E-state index in [1.807, 2.05) is 27.7 Å². The van der Waals surface area contributed by atoms with Crippen LogP contribution in [-0.4, -0.2) is 29.9 Å². The van der Waals surface area contributed by atoms with E-state index in [-0.39, 0.29) is 18.2 Å². The van der Waals surface area contributed by atoms with Crippen LogP contribution in [0, 0.1) is 11.8 Å². The maximum Gasteiger partial charge on any atom is 0.328 e. The summed E-state index contributed by atoms with van der Waals surface area (Å²) < 4.78 is 0. The van der Waals surface area contributed by atoms with Crippen molar-refractivity contribution < 1.29 is 14.4 Å². The Morgan fingerprint density at radius 1 is 1.24 bits per heavy atom. The molecule has 0 bridgehead atoms. The van der Waals surface area contributed by atoms with Gasteiger partial charge in [-0.3, -0.25) is 9.59 Å². The topological polar surface area (TPSA) is 72.6 Å². The zero-order chi connectivity index (χ0) is 13.4. The minimum Gasteiger partial charge on any atom is -0.373 e. The molecule has 0 aromatic heterocycles. The van der Waals surface area contributed by atoms with Crippen LogP contribution in [0.5, 0.6) is 0 Å². The standard InChI is InChI=1S/C12H24N2O3/c1-5-9(4)10(12(16)17-13)8-11(15)14(6-2)7-3/h9-10H,5-8,13H2,1-4H3/t9-,10?/m1/s1. The number of hydrogen-bond acceptors (Lipinski definition) is 4. The Balaban J connectivity index is 4.63. The molecule has 100 valence electrons. The molecule has 1 amide bonds. The van der Waals surface area contributed by atoms with E-state index in [0.717, 1.165) is 6.42 Å². The van der Waals surface area contributed by atoms with Crippen LogP contribution < -0.4 is 5.90 Å². The highest BCUT2D eigenvalue weighted by atomic mass is 16.7. The van der Waals surface area contributed by atoms with Gasteiger partial charge in [0.1, 0.15) is 0 Å². The van der Waals surface area contributed by atoms with E-state index in [0.29, 0.717) is 13.1 Å². The van der Waals surface area contributed by atoms with Gasteiger partial charge in [-0.1, -0.05) is 20.3 Å². The number of nitrogens with two attached hydrogens (primary N) is 1. The molecular weight excluding hydrogens is 220 g/mol. The molecule has 1 unspecified atom stereocenters. The van der Waals surface area contributed by atoms with Crippen LogP contribution in [0.1, 0.15) is 40.5 Å². The van der Waals surface area contributed by atoms with Crippen molar-refractivity contribution in [3.05, 3.63) is 0 Å². The summed E-state index contributed by atoms with van der Waals surface area (Å²) in [7, 11) is 0. The van der Waals surface area contributed by atoms with Crippen molar-refractivity contribution in [2.24, 2.45) is 17.7 Å². The van der Waals surface area contributed by atoms with Crippen LogP contribution in [-0.2, 0) is 14.4 Å². The molecule has 0 aromatic rings. The Bertz CT molecular complexity index is 252. The highest BCUT2D eigenvalue weighted by Crippen LogP contribution is 2.21. The minimum absolute atomic E-state index is 0.0225. The fraction of sp³-hybridized carbons (Fsp3) is 0.833. The quantitative estimate of drug-likeness (QED) is 0.686. The van der Waals surface area contributed by atoms with E-state index in [4.69, 9.17) is 5.90 Å². The summed E-state index contributed by atoms with van der Waals surface area (Å²) in [5.74, 6) is 4.03. The van der Waals surface area contributed by atoms with Gasteiger partial charge in [0.2, 0.25) is 5.91 Å².